The number of nitrogens with zero attached hydrogens (tertiary/aromatic N) is 4. The molecule has 0 N–H and O–H groups in total. The minimum atomic E-state index is -3.04. The molecule has 43 heavy (non-hydrogen) atoms. The fourth-order valence-electron chi connectivity index (χ4n) is 3.65. The Hall–Kier alpha value is -3.75. The van der Waals surface area contributed by atoms with Crippen molar-refractivity contribution in [3.05, 3.63) is 21.7 Å². The molecule has 0 spiro atoms. The number of amides is 2. The van der Waals surface area contributed by atoms with E-state index in [1.165, 1.54) is 11.9 Å². The Morgan fingerprint density at radius 2 is 1.40 bits per heavy atom. The van der Waals surface area contributed by atoms with E-state index in [0.717, 1.165) is 6.07 Å². The van der Waals surface area contributed by atoms with Crippen LogP contribution in [0.5, 0.6) is 5.75 Å². The summed E-state index contributed by atoms with van der Waals surface area (Å²) in [5.74, 6) is -1.80. The smallest absolute Gasteiger partial charge is 0.424 e. The molecule has 0 aliphatic carbocycles. The van der Waals surface area contributed by atoms with Crippen LogP contribution in [0.4, 0.5) is 35.4 Å². The molecule has 2 amide bonds. The normalized spacial score (nSPS) is 10.9. The largest absolute Gasteiger partial charge is 0.484 e. The van der Waals surface area contributed by atoms with Gasteiger partial charge >= 0.3 is 18.2 Å². The summed E-state index contributed by atoms with van der Waals surface area (Å²) in [6.45, 7) is 4.53. The first-order chi connectivity index (χ1) is 20.4. The van der Waals surface area contributed by atoms with Crippen molar-refractivity contribution in [1.82, 2.24) is 4.90 Å². The lowest BCUT2D eigenvalue weighted by Crippen LogP contribution is -2.39. The number of imide groups is 1. The predicted octanol–water partition coefficient (Wildman–Crippen LogP) is 5.87. The third-order valence-electron chi connectivity index (χ3n) is 6.02. The first-order valence-corrected chi connectivity index (χ1v) is 14.3. The van der Waals surface area contributed by atoms with Crippen molar-refractivity contribution < 1.29 is 47.0 Å². The number of nitro benzene ring substituents is 1. The average Bonchev–Trinajstić information content (AvgIpc) is 2.94. The van der Waals surface area contributed by atoms with Crippen LogP contribution in [-0.4, -0.2) is 95.1 Å². The van der Waals surface area contributed by atoms with Gasteiger partial charge in [0.15, 0.2) is 5.75 Å². The molecular weight excluding hydrogens is 574 g/mol. The zero-order valence-electron chi connectivity index (χ0n) is 25.9. The molecule has 15 heteroatoms. The third-order valence-corrected chi connectivity index (χ3v) is 6.02. The van der Waals surface area contributed by atoms with Crippen LogP contribution in [0.2, 0.25) is 0 Å². The molecule has 0 aliphatic rings. The quantitative estimate of drug-likeness (QED) is 0.0604. The first kappa shape index (κ1) is 37.3. The van der Waals surface area contributed by atoms with Gasteiger partial charge in [0.2, 0.25) is 0 Å². The van der Waals surface area contributed by atoms with Crippen LogP contribution >= 0.6 is 0 Å². The average molecular weight is 619 g/mol. The number of hydrogen-bond acceptors (Lipinski definition) is 11. The Kier molecular flexibility index (Phi) is 16.9. The van der Waals surface area contributed by atoms with Gasteiger partial charge in [-0.1, -0.05) is 40.0 Å². The van der Waals surface area contributed by atoms with Gasteiger partial charge in [-0.05, 0) is 33.4 Å². The molecule has 0 aliphatic heterocycles. The zero-order chi connectivity index (χ0) is 32.5. The van der Waals surface area contributed by atoms with E-state index in [1.54, 1.807) is 19.0 Å². The van der Waals surface area contributed by atoms with Gasteiger partial charge in [-0.2, -0.15) is 4.90 Å². The van der Waals surface area contributed by atoms with Crippen molar-refractivity contribution in [2.75, 3.05) is 70.5 Å². The molecule has 1 rings (SSSR count). The summed E-state index contributed by atoms with van der Waals surface area (Å²) in [6, 6.07) is 0.813. The number of likely N-dealkylation sites (N-methyl/N-ethyl adjacent to an activating group) is 2. The molecule has 0 saturated carbocycles. The molecule has 1 aromatic carbocycles. The number of anilines is 2. The van der Waals surface area contributed by atoms with E-state index in [0.29, 0.717) is 50.0 Å². The van der Waals surface area contributed by atoms with Crippen molar-refractivity contribution in [1.29, 1.82) is 0 Å². The lowest BCUT2D eigenvalue weighted by molar-refractivity contribution is -0.384. The Balaban J connectivity index is 4.11. The van der Waals surface area contributed by atoms with Gasteiger partial charge in [0.1, 0.15) is 23.5 Å². The van der Waals surface area contributed by atoms with Crippen molar-refractivity contribution in [2.45, 2.75) is 65.7 Å². The van der Waals surface area contributed by atoms with E-state index in [9.17, 15) is 33.3 Å². The summed E-state index contributed by atoms with van der Waals surface area (Å²) < 4.78 is 48.1. The summed E-state index contributed by atoms with van der Waals surface area (Å²) in [7, 11) is 5.02. The van der Waals surface area contributed by atoms with Crippen molar-refractivity contribution in [2.24, 2.45) is 0 Å². The lowest BCUT2D eigenvalue weighted by atomic mass is 10.1. The van der Waals surface area contributed by atoms with E-state index >= 15 is 0 Å². The van der Waals surface area contributed by atoms with E-state index in [4.69, 9.17) is 18.9 Å². The molecule has 0 radical (unpaired) electrons. The monoisotopic (exact) mass is 618 g/mol. The number of ether oxygens (including phenoxy) is 4. The molecule has 1 aromatic rings. The molecule has 13 nitrogen and oxygen atoms in total. The van der Waals surface area contributed by atoms with Gasteiger partial charge in [-0.3, -0.25) is 10.1 Å². The van der Waals surface area contributed by atoms with Crippen molar-refractivity contribution in [3.63, 3.8) is 0 Å². The number of nitro groups is 1. The topological polar surface area (TPSA) is 141 Å². The van der Waals surface area contributed by atoms with Gasteiger partial charge in [0, 0.05) is 26.2 Å². The van der Waals surface area contributed by atoms with Gasteiger partial charge in [-0.25, -0.2) is 23.2 Å². The maximum atomic E-state index is 13.6. The fraction of sp³-hybridized carbons (Fsp3) is 0.679. The first-order valence-electron chi connectivity index (χ1n) is 14.3. The van der Waals surface area contributed by atoms with E-state index < -0.39 is 58.8 Å². The summed E-state index contributed by atoms with van der Waals surface area (Å²) >= 11 is 0. The van der Waals surface area contributed by atoms with Gasteiger partial charge in [-0.15, -0.1) is 0 Å². The molecule has 0 aromatic heterocycles. The summed E-state index contributed by atoms with van der Waals surface area (Å²) in [5, 5.41) is 12.4. The Morgan fingerprint density at radius 3 is 1.84 bits per heavy atom. The highest BCUT2D eigenvalue weighted by molar-refractivity contribution is 6.14. The molecule has 0 bridgehead atoms. The zero-order valence-corrected chi connectivity index (χ0v) is 25.9. The SMILES string of the molecule is CCCCOC(=O)c1c(OCC(F)F)c(N(C(=O)OCCCC)C(=O)OCCCC)cc([N+](=O)[O-])c1N(C)CCN(C)C. The van der Waals surface area contributed by atoms with Crippen LogP contribution < -0.4 is 14.5 Å². The number of rotatable bonds is 19. The minimum absolute atomic E-state index is 0.0790. The second kappa shape index (κ2) is 19.4. The maximum absolute atomic E-state index is 13.6. The lowest BCUT2D eigenvalue weighted by Gasteiger charge is -2.28. The van der Waals surface area contributed by atoms with Crippen LogP contribution in [0.3, 0.4) is 0 Å². The van der Waals surface area contributed by atoms with Gasteiger partial charge in [0.05, 0.1) is 24.7 Å². The van der Waals surface area contributed by atoms with Gasteiger partial charge < -0.3 is 28.7 Å². The molecule has 0 saturated heterocycles. The summed E-state index contributed by atoms with van der Waals surface area (Å²) in [5.41, 5.74) is -2.24. The van der Waals surface area contributed by atoms with Crippen LogP contribution in [0.25, 0.3) is 0 Å². The van der Waals surface area contributed by atoms with Crippen LogP contribution in [-0.2, 0) is 14.2 Å². The maximum Gasteiger partial charge on any atom is 0.424 e. The van der Waals surface area contributed by atoms with E-state index in [1.807, 2.05) is 20.8 Å². The van der Waals surface area contributed by atoms with Gasteiger partial charge in [0.25, 0.3) is 12.1 Å². The number of unbranched alkanes of at least 4 members (excludes halogenated alkanes) is 3. The van der Waals surface area contributed by atoms with Crippen molar-refractivity contribution in [3.8, 4) is 5.75 Å². The molecule has 0 fully saturated rings. The molecular formula is C28H44F2N4O9. The number of benzene rings is 1. The molecule has 0 heterocycles. The Labute approximate surface area is 251 Å². The van der Waals surface area contributed by atoms with Crippen LogP contribution in [0.15, 0.2) is 6.07 Å². The number of carbonyl (C=O) groups is 3. The standard InChI is InChI=1S/C28H44F2N4O9/c1-7-10-15-40-26(35)23-24(32(6)14-13-31(4)5)20(34(38)39)18-21(25(23)43-19-22(29)30)33(27(36)41-16-11-8-2)28(37)42-17-12-9-3/h18,22H,7-17,19H2,1-6H3. The Bertz CT molecular complexity index is 1050. The highest BCUT2D eigenvalue weighted by atomic mass is 19.3. The number of hydrogen-bond donors (Lipinski definition) is 0. The van der Waals surface area contributed by atoms with E-state index in [2.05, 4.69) is 0 Å². The van der Waals surface area contributed by atoms with E-state index in [-0.39, 0.29) is 32.1 Å². The van der Waals surface area contributed by atoms with Crippen molar-refractivity contribution >= 4 is 35.2 Å². The molecule has 0 atom stereocenters. The highest BCUT2D eigenvalue weighted by Gasteiger charge is 2.39. The van der Waals surface area contributed by atoms with Crippen LogP contribution in [0.1, 0.15) is 69.7 Å². The minimum Gasteiger partial charge on any atom is -0.484 e. The highest BCUT2D eigenvalue weighted by Crippen LogP contribution is 2.46. The predicted molar refractivity (Wildman–Crippen MR) is 157 cm³/mol. The number of alkyl halides is 2. The third kappa shape index (κ3) is 11.8. The second-order valence-electron chi connectivity index (χ2n) is 9.91. The summed E-state index contributed by atoms with van der Waals surface area (Å²) in [6.07, 6.45) is -2.36. The molecule has 244 valence electrons. The molecule has 0 unspecified atom stereocenters. The second-order valence-corrected chi connectivity index (χ2v) is 9.91. The fourth-order valence-corrected chi connectivity index (χ4v) is 3.65. The number of esters is 1. The Morgan fingerprint density at radius 1 is 0.884 bits per heavy atom. The van der Waals surface area contributed by atoms with Crippen LogP contribution in [0, 0.1) is 10.1 Å². The number of carbonyl (C=O) groups excluding carboxylic acids is 3. The number of halogens is 2. The summed E-state index contributed by atoms with van der Waals surface area (Å²) in [4.78, 5) is 55.2.